The molecule has 0 aromatic rings. The van der Waals surface area contributed by atoms with Crippen LogP contribution in [0.3, 0.4) is 0 Å². The molecule has 0 unspecified atom stereocenters. The Hall–Kier alpha value is 0.689. The Morgan fingerprint density at radius 2 is 0.571 bits per heavy atom. The van der Waals surface area contributed by atoms with Gasteiger partial charge in [0.05, 0.1) is 0 Å². The molecule has 0 bridgehead atoms. The number of hydrogen-bond donors (Lipinski definition) is 0. The summed E-state index contributed by atoms with van der Waals surface area (Å²) in [6, 6.07) is 0. The smallest absolute Gasteiger partial charge is 1.00 e. The van der Waals surface area contributed by atoms with Crippen molar-refractivity contribution in [1.29, 1.82) is 0 Å². The number of halogens is 1. The predicted molar refractivity (Wildman–Crippen MR) is 45.4 cm³/mol. The largest absolute Gasteiger partial charge is 4.00 e. The summed E-state index contributed by atoms with van der Waals surface area (Å²) in [5.74, 6) is 0. The molecule has 0 aliphatic rings. The van der Waals surface area contributed by atoms with Crippen LogP contribution in [0.2, 0.25) is 0 Å². The van der Waals surface area contributed by atoms with Gasteiger partial charge in [-0.15, -0.1) is 18.3 Å². The van der Waals surface area contributed by atoms with Crippen LogP contribution in [0.15, 0.2) is 0 Å². The third-order valence-corrected chi connectivity index (χ3v) is 0. The van der Waals surface area contributed by atoms with Crippen LogP contribution >= 0.6 is 0 Å². The first-order valence-electron chi connectivity index (χ1n) is 4.17. The molecule has 0 heterocycles. The van der Waals surface area contributed by atoms with E-state index in [-0.39, 0.29) is 29.5 Å². The van der Waals surface area contributed by atoms with Crippen LogP contribution < -0.4 is 27.7 Å². The van der Waals surface area contributed by atoms with Gasteiger partial charge in [0, 0.05) is 0 Å². The van der Waals surface area contributed by atoms with E-state index in [0.717, 1.165) is 0 Å². The summed E-state index contributed by atoms with van der Waals surface area (Å²) in [6.07, 6.45) is -1.25. The fraction of sp³-hybridized carbons (Fsp3) is 1.00. The molecule has 0 spiro atoms. The molecule has 14 heavy (non-hydrogen) atoms. The molecule has 3 nitrogen and oxygen atoms in total. The first kappa shape index (κ1) is 29.3. The van der Waals surface area contributed by atoms with E-state index in [1.54, 1.807) is 41.5 Å². The van der Waals surface area contributed by atoms with E-state index < -0.39 is 18.3 Å². The molecule has 0 saturated carbocycles. The van der Waals surface area contributed by atoms with Crippen molar-refractivity contribution in [1.82, 2.24) is 0 Å². The second-order valence-corrected chi connectivity index (χ2v) is 3.15. The van der Waals surface area contributed by atoms with Crippen molar-refractivity contribution in [2.45, 2.75) is 59.9 Å². The van der Waals surface area contributed by atoms with Gasteiger partial charge in [-0.1, -0.05) is 41.5 Å². The number of hydrogen-bond acceptors (Lipinski definition) is 3. The maximum atomic E-state index is 9.53. The van der Waals surface area contributed by atoms with Crippen molar-refractivity contribution in [3.8, 4) is 0 Å². The van der Waals surface area contributed by atoms with Gasteiger partial charge in [-0.2, -0.15) is 0 Å². The quantitative estimate of drug-likeness (QED) is 0.424. The molecule has 0 fully saturated rings. The zero-order valence-electron chi connectivity index (χ0n) is 9.69. The number of rotatable bonds is 0. The average molecular weight is 269 g/mol. The fourth-order valence-electron chi connectivity index (χ4n) is 0. The van der Waals surface area contributed by atoms with Gasteiger partial charge in [-0.25, -0.2) is 0 Å². The van der Waals surface area contributed by atoms with Crippen LogP contribution in [0, 0.1) is 0 Å². The van der Waals surface area contributed by atoms with Gasteiger partial charge >= 0.3 is 17.1 Å². The molecular formula is C9H21ClFeO3. The van der Waals surface area contributed by atoms with Crippen molar-refractivity contribution >= 4 is 0 Å². The topological polar surface area (TPSA) is 69.2 Å². The Labute approximate surface area is 105 Å². The molecule has 0 amide bonds. The van der Waals surface area contributed by atoms with E-state index in [9.17, 15) is 15.3 Å². The molecule has 0 atom stereocenters. The van der Waals surface area contributed by atoms with Crippen LogP contribution in [0.1, 0.15) is 41.5 Å². The Morgan fingerprint density at radius 3 is 0.571 bits per heavy atom. The maximum Gasteiger partial charge on any atom is 4.00 e. The minimum absolute atomic E-state index is 0. The molecule has 0 aromatic carbocycles. The molecule has 0 rings (SSSR count). The van der Waals surface area contributed by atoms with Crippen molar-refractivity contribution in [2.24, 2.45) is 0 Å². The van der Waals surface area contributed by atoms with Crippen LogP contribution in [-0.2, 0) is 17.1 Å². The zero-order valence-corrected chi connectivity index (χ0v) is 11.5. The SMILES string of the molecule is CC(C)[O-].CC(C)[O-].CC(C)[O-].[Cl-].[Fe+4]. The summed E-state index contributed by atoms with van der Waals surface area (Å²) >= 11 is 0. The Morgan fingerprint density at radius 1 is 0.571 bits per heavy atom. The van der Waals surface area contributed by atoms with Gasteiger partial charge < -0.3 is 27.7 Å². The third kappa shape index (κ3) is 3650. The molecule has 5 heteroatoms. The second kappa shape index (κ2) is 23.5. The normalized spacial score (nSPS) is 7.71. The molecule has 0 radical (unpaired) electrons. The first-order valence-corrected chi connectivity index (χ1v) is 4.17. The van der Waals surface area contributed by atoms with Gasteiger partial charge in [-0.05, 0) is 0 Å². The van der Waals surface area contributed by atoms with Crippen molar-refractivity contribution in [3.05, 3.63) is 0 Å². The van der Waals surface area contributed by atoms with E-state index in [0.29, 0.717) is 0 Å². The van der Waals surface area contributed by atoms with Crippen LogP contribution in [-0.4, -0.2) is 18.3 Å². The van der Waals surface area contributed by atoms with Crippen LogP contribution in [0.5, 0.6) is 0 Å². The summed E-state index contributed by atoms with van der Waals surface area (Å²) < 4.78 is 0. The summed E-state index contributed by atoms with van der Waals surface area (Å²) in [6.45, 7) is 9.67. The van der Waals surface area contributed by atoms with Gasteiger partial charge in [0.25, 0.3) is 0 Å². The fourth-order valence-corrected chi connectivity index (χ4v) is 0. The summed E-state index contributed by atoms with van der Waals surface area (Å²) in [4.78, 5) is 0. The van der Waals surface area contributed by atoms with Gasteiger partial charge in [0.15, 0.2) is 0 Å². The zero-order chi connectivity index (χ0) is 10.7. The molecular weight excluding hydrogens is 247 g/mol. The van der Waals surface area contributed by atoms with Crippen LogP contribution in [0.4, 0.5) is 0 Å². The second-order valence-electron chi connectivity index (χ2n) is 3.15. The van der Waals surface area contributed by atoms with Crippen LogP contribution in [0.25, 0.3) is 0 Å². The average Bonchev–Trinajstić information content (AvgIpc) is 1.54. The minimum Gasteiger partial charge on any atom is -1.00 e. The van der Waals surface area contributed by atoms with E-state index in [2.05, 4.69) is 0 Å². The molecule has 0 saturated heterocycles. The third-order valence-electron chi connectivity index (χ3n) is 0. The van der Waals surface area contributed by atoms with E-state index in [1.165, 1.54) is 0 Å². The molecule has 0 N–H and O–H groups in total. The Kier molecular flexibility index (Phi) is 49.2. The standard InChI is InChI=1S/3C3H7O.ClH.Fe/c3*1-3(2)4;;/h3*3H,1-2H3;1H;/q3*-1;;+4/p-1. The van der Waals surface area contributed by atoms with Crippen molar-refractivity contribution in [3.63, 3.8) is 0 Å². The first-order chi connectivity index (χ1) is 5.20. The minimum atomic E-state index is -0.417. The van der Waals surface area contributed by atoms with Gasteiger partial charge in [0.2, 0.25) is 0 Å². The monoisotopic (exact) mass is 268 g/mol. The van der Waals surface area contributed by atoms with E-state index in [1.807, 2.05) is 0 Å². The Balaban J connectivity index is -0.0000000270. The molecule has 0 aromatic heterocycles. The van der Waals surface area contributed by atoms with Crippen molar-refractivity contribution in [2.75, 3.05) is 0 Å². The van der Waals surface area contributed by atoms with E-state index in [4.69, 9.17) is 0 Å². The van der Waals surface area contributed by atoms with Crippen molar-refractivity contribution < 1.29 is 44.8 Å². The van der Waals surface area contributed by atoms with E-state index >= 15 is 0 Å². The van der Waals surface area contributed by atoms with Gasteiger partial charge in [0.1, 0.15) is 0 Å². The van der Waals surface area contributed by atoms with Gasteiger partial charge in [-0.3, -0.25) is 0 Å². The Bertz CT molecular complexity index is 48.5. The molecule has 0 aliphatic heterocycles. The maximum absolute atomic E-state index is 9.53. The molecule has 0 aliphatic carbocycles. The summed E-state index contributed by atoms with van der Waals surface area (Å²) in [5, 5.41) is 28.6. The molecule has 90 valence electrons. The summed E-state index contributed by atoms with van der Waals surface area (Å²) in [7, 11) is 0. The summed E-state index contributed by atoms with van der Waals surface area (Å²) in [5.41, 5.74) is 0. The predicted octanol–water partition coefficient (Wildman–Crippen LogP) is -3.73.